The van der Waals surface area contributed by atoms with Crippen molar-refractivity contribution in [2.45, 2.75) is 52.0 Å². The van der Waals surface area contributed by atoms with Gasteiger partial charge in [-0.1, -0.05) is 38.8 Å². The third-order valence-corrected chi connectivity index (χ3v) is 3.73. The van der Waals surface area contributed by atoms with E-state index < -0.39 is 0 Å². The number of benzene rings is 1. The van der Waals surface area contributed by atoms with Gasteiger partial charge in [0.2, 0.25) is 0 Å². The summed E-state index contributed by atoms with van der Waals surface area (Å²) in [6.07, 6.45) is 5.39. The predicted molar refractivity (Wildman–Crippen MR) is 79.4 cm³/mol. The third-order valence-electron chi connectivity index (χ3n) is 3.73. The van der Waals surface area contributed by atoms with Crippen LogP contribution in [0.5, 0.6) is 0 Å². The topological polar surface area (TPSA) is 38.0 Å². The van der Waals surface area contributed by atoms with E-state index in [0.29, 0.717) is 12.5 Å². The Balaban J connectivity index is 2.44. The highest BCUT2D eigenvalue weighted by atomic mass is 16.3. The summed E-state index contributed by atoms with van der Waals surface area (Å²) in [6.45, 7) is 4.62. The van der Waals surface area contributed by atoms with Gasteiger partial charge in [0.15, 0.2) is 0 Å². The largest absolute Gasteiger partial charge is 0.396 e. The summed E-state index contributed by atoms with van der Waals surface area (Å²) >= 11 is 0. The number of rotatable bonds is 7. The fourth-order valence-corrected chi connectivity index (χ4v) is 2.73. The maximum absolute atomic E-state index is 9.25. The first-order valence-corrected chi connectivity index (χ1v) is 7.38. The summed E-state index contributed by atoms with van der Waals surface area (Å²) in [5.74, 6) is 1.02. The van der Waals surface area contributed by atoms with Crippen molar-refractivity contribution >= 4 is 11.0 Å². The second-order valence-electron chi connectivity index (χ2n) is 5.06. The number of aliphatic hydroxyl groups is 1. The molecule has 1 aromatic heterocycles. The molecule has 0 spiro atoms. The molecule has 1 atom stereocenters. The molecule has 1 aromatic carbocycles. The summed E-state index contributed by atoms with van der Waals surface area (Å²) in [5, 5.41) is 9.25. The summed E-state index contributed by atoms with van der Waals surface area (Å²) in [5.41, 5.74) is 2.25. The summed E-state index contributed by atoms with van der Waals surface area (Å²) in [4.78, 5) is 4.68. The van der Waals surface area contributed by atoms with Crippen LogP contribution in [0.2, 0.25) is 0 Å². The van der Waals surface area contributed by atoms with Gasteiger partial charge in [-0.25, -0.2) is 4.98 Å². The Morgan fingerprint density at radius 2 is 2.05 bits per heavy atom. The first-order valence-electron chi connectivity index (χ1n) is 7.38. The van der Waals surface area contributed by atoms with E-state index in [4.69, 9.17) is 0 Å². The molecule has 104 valence electrons. The molecule has 3 nitrogen and oxygen atoms in total. The van der Waals surface area contributed by atoms with Crippen molar-refractivity contribution in [2.24, 2.45) is 0 Å². The Morgan fingerprint density at radius 3 is 2.74 bits per heavy atom. The Bertz CT molecular complexity index is 518. The van der Waals surface area contributed by atoms with E-state index in [9.17, 15) is 5.11 Å². The van der Waals surface area contributed by atoms with Gasteiger partial charge in [-0.2, -0.15) is 0 Å². The van der Waals surface area contributed by atoms with Crippen LogP contribution in [-0.4, -0.2) is 21.3 Å². The summed E-state index contributed by atoms with van der Waals surface area (Å²) in [7, 11) is 0. The lowest BCUT2D eigenvalue weighted by Crippen LogP contribution is -2.13. The molecule has 0 bridgehead atoms. The molecular weight excluding hydrogens is 236 g/mol. The molecule has 0 saturated heterocycles. The minimum atomic E-state index is 0.160. The lowest BCUT2D eigenvalue weighted by molar-refractivity contribution is 0.292. The first kappa shape index (κ1) is 14.1. The molecule has 2 aromatic rings. The second-order valence-corrected chi connectivity index (χ2v) is 5.06. The average Bonchev–Trinajstić information content (AvgIpc) is 2.79. The van der Waals surface area contributed by atoms with Crippen molar-refractivity contribution in [1.82, 2.24) is 9.55 Å². The van der Waals surface area contributed by atoms with Crippen LogP contribution >= 0.6 is 0 Å². The number of fused-ring (bicyclic) bond motifs is 1. The number of aliphatic hydroxyl groups excluding tert-OH is 1. The van der Waals surface area contributed by atoms with Crippen molar-refractivity contribution in [3.05, 3.63) is 30.1 Å². The van der Waals surface area contributed by atoms with E-state index in [0.717, 1.165) is 17.8 Å². The Labute approximate surface area is 115 Å². The minimum absolute atomic E-state index is 0.160. The fraction of sp³-hybridized carbons (Fsp3) is 0.562. The van der Waals surface area contributed by atoms with Crippen molar-refractivity contribution in [2.75, 3.05) is 6.61 Å². The highest BCUT2D eigenvalue weighted by Crippen LogP contribution is 2.27. The van der Waals surface area contributed by atoms with E-state index in [1.165, 1.54) is 24.8 Å². The normalized spacial score (nSPS) is 13.0. The van der Waals surface area contributed by atoms with Crippen LogP contribution in [-0.2, 0) is 6.42 Å². The van der Waals surface area contributed by atoms with Crippen molar-refractivity contribution in [1.29, 1.82) is 0 Å². The van der Waals surface area contributed by atoms with Crippen LogP contribution < -0.4 is 0 Å². The van der Waals surface area contributed by atoms with Crippen LogP contribution in [0.15, 0.2) is 24.3 Å². The van der Waals surface area contributed by atoms with Crippen LogP contribution in [0.4, 0.5) is 0 Å². The SMILES string of the molecule is CCCCC(CC)n1c(CCO)nc2ccccc21. The smallest absolute Gasteiger partial charge is 0.112 e. The van der Waals surface area contributed by atoms with Gasteiger partial charge in [0.1, 0.15) is 5.82 Å². The predicted octanol–water partition coefficient (Wildman–Crippen LogP) is 3.71. The van der Waals surface area contributed by atoms with Gasteiger partial charge in [-0.05, 0) is 25.0 Å². The Hall–Kier alpha value is -1.35. The monoisotopic (exact) mass is 260 g/mol. The van der Waals surface area contributed by atoms with Gasteiger partial charge in [0.25, 0.3) is 0 Å². The molecule has 3 heteroatoms. The maximum Gasteiger partial charge on any atom is 0.112 e. The lowest BCUT2D eigenvalue weighted by Gasteiger charge is -2.20. The molecule has 0 amide bonds. The van der Waals surface area contributed by atoms with Crippen LogP contribution in [0, 0.1) is 0 Å². The average molecular weight is 260 g/mol. The molecule has 1 unspecified atom stereocenters. The molecule has 0 saturated carbocycles. The van der Waals surface area contributed by atoms with Crippen molar-refractivity contribution < 1.29 is 5.11 Å². The zero-order valence-corrected chi connectivity index (χ0v) is 12.0. The number of hydrogen-bond acceptors (Lipinski definition) is 2. The van der Waals surface area contributed by atoms with Crippen molar-refractivity contribution in [3.8, 4) is 0 Å². The number of para-hydroxylation sites is 2. The molecule has 0 aliphatic carbocycles. The number of nitrogens with zero attached hydrogens (tertiary/aromatic N) is 2. The zero-order valence-electron chi connectivity index (χ0n) is 12.0. The molecular formula is C16H24N2O. The highest BCUT2D eigenvalue weighted by Gasteiger charge is 2.16. The van der Waals surface area contributed by atoms with E-state index in [1.807, 2.05) is 6.07 Å². The molecule has 0 fully saturated rings. The molecule has 19 heavy (non-hydrogen) atoms. The second kappa shape index (κ2) is 6.71. The molecule has 0 radical (unpaired) electrons. The van der Waals surface area contributed by atoms with Gasteiger partial charge in [-0.15, -0.1) is 0 Å². The van der Waals surface area contributed by atoms with Gasteiger partial charge in [0, 0.05) is 12.5 Å². The minimum Gasteiger partial charge on any atom is -0.396 e. The van der Waals surface area contributed by atoms with E-state index in [-0.39, 0.29) is 6.61 Å². The van der Waals surface area contributed by atoms with Gasteiger partial charge >= 0.3 is 0 Å². The lowest BCUT2D eigenvalue weighted by atomic mass is 10.1. The van der Waals surface area contributed by atoms with Gasteiger partial charge < -0.3 is 9.67 Å². The van der Waals surface area contributed by atoms with Crippen LogP contribution in [0.1, 0.15) is 51.4 Å². The standard InChI is InChI=1S/C16H24N2O/c1-3-5-8-13(4-2)18-15-10-7-6-9-14(15)17-16(18)11-12-19/h6-7,9-10,13,19H,3-5,8,11-12H2,1-2H3. The number of hydrogen-bond donors (Lipinski definition) is 1. The number of imidazole rings is 1. The Kier molecular flexibility index (Phi) is 4.97. The molecule has 0 aliphatic heterocycles. The fourth-order valence-electron chi connectivity index (χ4n) is 2.73. The van der Waals surface area contributed by atoms with Crippen LogP contribution in [0.25, 0.3) is 11.0 Å². The van der Waals surface area contributed by atoms with E-state index in [1.54, 1.807) is 0 Å². The third kappa shape index (κ3) is 2.98. The van der Waals surface area contributed by atoms with Gasteiger partial charge in [0.05, 0.1) is 17.6 Å². The highest BCUT2D eigenvalue weighted by molar-refractivity contribution is 5.76. The van der Waals surface area contributed by atoms with Crippen LogP contribution in [0.3, 0.4) is 0 Å². The van der Waals surface area contributed by atoms with Crippen molar-refractivity contribution in [3.63, 3.8) is 0 Å². The molecule has 0 aliphatic rings. The summed E-state index contributed by atoms with van der Waals surface area (Å²) < 4.78 is 2.35. The maximum atomic E-state index is 9.25. The molecule has 2 rings (SSSR count). The van der Waals surface area contributed by atoms with E-state index >= 15 is 0 Å². The molecule has 1 heterocycles. The zero-order chi connectivity index (χ0) is 13.7. The number of unbranched alkanes of at least 4 members (excludes halogenated alkanes) is 1. The van der Waals surface area contributed by atoms with Gasteiger partial charge in [-0.3, -0.25) is 0 Å². The quantitative estimate of drug-likeness (QED) is 0.824. The summed E-state index contributed by atoms with van der Waals surface area (Å²) in [6, 6.07) is 8.77. The first-order chi connectivity index (χ1) is 9.31. The molecule has 1 N–H and O–H groups in total. The number of aromatic nitrogens is 2. The Morgan fingerprint density at radius 1 is 1.26 bits per heavy atom. The van der Waals surface area contributed by atoms with E-state index in [2.05, 4.69) is 41.6 Å².